The summed E-state index contributed by atoms with van der Waals surface area (Å²) in [5, 5.41) is 29.2. The van der Waals surface area contributed by atoms with Crippen LogP contribution in [0.5, 0.6) is 0 Å². The number of hydrogen-bond donors (Lipinski definition) is 3. The normalized spacial score (nSPS) is 23.7. The molecule has 0 heterocycles. The first-order valence-corrected chi connectivity index (χ1v) is 6.63. The molecule has 0 radical (unpaired) electrons. The minimum absolute atomic E-state index is 0.0121. The van der Waals surface area contributed by atoms with Crippen LogP contribution < -0.4 is 0 Å². The van der Waals surface area contributed by atoms with Crippen molar-refractivity contribution in [3.63, 3.8) is 0 Å². The van der Waals surface area contributed by atoms with Crippen molar-refractivity contribution in [3.8, 4) is 0 Å². The van der Waals surface area contributed by atoms with Crippen LogP contribution in [0.2, 0.25) is 0 Å². The Labute approximate surface area is 115 Å². The fourth-order valence-corrected chi connectivity index (χ4v) is 2.08. The van der Waals surface area contributed by atoms with Crippen LogP contribution >= 0.6 is 0 Å². The molecule has 1 aliphatic carbocycles. The Balaban J connectivity index is 2.55. The van der Waals surface area contributed by atoms with Gasteiger partial charge in [-0.2, -0.15) is 0 Å². The summed E-state index contributed by atoms with van der Waals surface area (Å²) in [6, 6.07) is 0. The van der Waals surface area contributed by atoms with Gasteiger partial charge < -0.3 is 15.3 Å². The Morgan fingerprint density at radius 1 is 1.26 bits per heavy atom. The lowest BCUT2D eigenvalue weighted by Gasteiger charge is -2.26. The fourth-order valence-electron chi connectivity index (χ4n) is 2.08. The third kappa shape index (κ3) is 5.79. The van der Waals surface area contributed by atoms with Gasteiger partial charge in [-0.25, -0.2) is 0 Å². The molecule has 19 heavy (non-hydrogen) atoms. The highest BCUT2D eigenvalue weighted by atomic mass is 16.3. The highest BCUT2D eigenvalue weighted by Gasteiger charge is 2.28. The number of allylic oxidation sites excluding steroid dienone is 4. The van der Waals surface area contributed by atoms with Crippen LogP contribution in [0.4, 0.5) is 0 Å². The Kier molecular flexibility index (Phi) is 5.43. The molecular weight excluding hydrogens is 240 g/mol. The van der Waals surface area contributed by atoms with E-state index in [0.717, 1.165) is 12.8 Å². The van der Waals surface area contributed by atoms with Gasteiger partial charge in [0, 0.05) is 12.5 Å². The van der Waals surface area contributed by atoms with Crippen molar-refractivity contribution in [2.24, 2.45) is 0 Å². The third-order valence-electron chi connectivity index (χ3n) is 3.11. The van der Waals surface area contributed by atoms with Crippen LogP contribution in [-0.4, -0.2) is 20.9 Å². The monoisotopic (exact) mass is 264 g/mol. The fraction of sp³-hybridized carbons (Fsp3) is 0.500. The van der Waals surface area contributed by atoms with E-state index >= 15 is 0 Å². The SMILES string of the molecule is CC(C)=CCC/C(C)=C/CC1(O)C=C(O)C=C(O)C1. The Morgan fingerprint density at radius 3 is 2.53 bits per heavy atom. The average molecular weight is 264 g/mol. The lowest BCUT2D eigenvalue weighted by atomic mass is 9.89. The molecule has 3 nitrogen and oxygen atoms in total. The molecule has 0 amide bonds. The molecule has 3 heteroatoms. The lowest BCUT2D eigenvalue weighted by molar-refractivity contribution is 0.0751. The van der Waals surface area contributed by atoms with Crippen molar-refractivity contribution in [2.45, 2.75) is 52.1 Å². The first-order chi connectivity index (χ1) is 8.81. The van der Waals surface area contributed by atoms with Gasteiger partial charge in [-0.3, -0.25) is 0 Å². The molecule has 0 aliphatic heterocycles. The molecule has 0 bridgehead atoms. The molecule has 106 valence electrons. The molecule has 3 N–H and O–H groups in total. The minimum atomic E-state index is -1.18. The third-order valence-corrected chi connectivity index (χ3v) is 3.11. The second kappa shape index (κ2) is 6.62. The van der Waals surface area contributed by atoms with Crippen LogP contribution in [0.15, 0.2) is 47.0 Å². The summed E-state index contributed by atoms with van der Waals surface area (Å²) in [6.45, 7) is 6.18. The van der Waals surface area contributed by atoms with Gasteiger partial charge in [0.05, 0.1) is 11.4 Å². The van der Waals surface area contributed by atoms with Crippen LogP contribution in [-0.2, 0) is 0 Å². The number of rotatable bonds is 5. The van der Waals surface area contributed by atoms with E-state index in [9.17, 15) is 15.3 Å². The molecule has 0 saturated carbocycles. The van der Waals surface area contributed by atoms with Gasteiger partial charge >= 0.3 is 0 Å². The topological polar surface area (TPSA) is 60.7 Å². The maximum Gasteiger partial charge on any atom is 0.117 e. The van der Waals surface area contributed by atoms with Crippen molar-refractivity contribution in [1.29, 1.82) is 0 Å². The minimum Gasteiger partial charge on any atom is -0.512 e. The summed E-state index contributed by atoms with van der Waals surface area (Å²) in [5.41, 5.74) is 1.33. The largest absolute Gasteiger partial charge is 0.512 e. The smallest absolute Gasteiger partial charge is 0.117 e. The first-order valence-electron chi connectivity index (χ1n) is 6.63. The van der Waals surface area contributed by atoms with E-state index in [0.29, 0.717) is 6.42 Å². The van der Waals surface area contributed by atoms with Crippen molar-refractivity contribution in [1.82, 2.24) is 0 Å². The lowest BCUT2D eigenvalue weighted by Crippen LogP contribution is -2.28. The van der Waals surface area contributed by atoms with Gasteiger partial charge in [-0.1, -0.05) is 23.3 Å². The maximum atomic E-state index is 10.3. The zero-order valence-electron chi connectivity index (χ0n) is 12.0. The molecular formula is C16H24O3. The molecule has 1 rings (SSSR count). The molecule has 0 spiro atoms. The molecule has 0 fully saturated rings. The van der Waals surface area contributed by atoms with Crippen LogP contribution in [0.25, 0.3) is 0 Å². The van der Waals surface area contributed by atoms with Crippen molar-refractivity contribution in [3.05, 3.63) is 47.0 Å². The van der Waals surface area contributed by atoms with Crippen molar-refractivity contribution >= 4 is 0 Å². The first kappa shape index (κ1) is 15.6. The van der Waals surface area contributed by atoms with Gasteiger partial charge in [0.2, 0.25) is 0 Å². The van der Waals surface area contributed by atoms with Gasteiger partial charge in [0.1, 0.15) is 5.76 Å². The van der Waals surface area contributed by atoms with Gasteiger partial charge in [0.25, 0.3) is 0 Å². The Morgan fingerprint density at radius 2 is 1.95 bits per heavy atom. The standard InChI is InChI=1S/C16H24O3/c1-12(2)5-4-6-13(3)7-8-16(19)10-14(17)9-15(18)11-16/h5,7,9-10,17-19H,4,6,8,11H2,1-3H3/b13-7+. The van der Waals surface area contributed by atoms with E-state index in [2.05, 4.69) is 19.9 Å². The predicted octanol–water partition coefficient (Wildman–Crippen LogP) is 4.09. The molecule has 0 aromatic rings. The highest BCUT2D eigenvalue weighted by molar-refractivity contribution is 5.27. The van der Waals surface area contributed by atoms with E-state index < -0.39 is 5.60 Å². The second-order valence-corrected chi connectivity index (χ2v) is 5.56. The molecule has 0 aromatic carbocycles. The molecule has 1 atom stereocenters. The zero-order chi connectivity index (χ0) is 14.5. The average Bonchev–Trinajstić information content (AvgIpc) is 2.24. The van der Waals surface area contributed by atoms with Crippen molar-refractivity contribution < 1.29 is 15.3 Å². The maximum absolute atomic E-state index is 10.3. The molecule has 0 aromatic heterocycles. The molecule has 0 saturated heterocycles. The van der Waals surface area contributed by atoms with E-state index in [1.165, 1.54) is 23.3 Å². The van der Waals surface area contributed by atoms with E-state index in [1.807, 2.05) is 13.0 Å². The van der Waals surface area contributed by atoms with E-state index in [4.69, 9.17) is 0 Å². The van der Waals surface area contributed by atoms with Gasteiger partial charge in [0.15, 0.2) is 0 Å². The van der Waals surface area contributed by atoms with E-state index in [1.54, 1.807) is 0 Å². The quantitative estimate of drug-likeness (QED) is 0.655. The summed E-state index contributed by atoms with van der Waals surface area (Å²) in [6.07, 6.45) is 9.32. The Hall–Kier alpha value is -1.48. The van der Waals surface area contributed by atoms with Crippen LogP contribution in [0.1, 0.15) is 46.5 Å². The highest BCUT2D eigenvalue weighted by Crippen LogP contribution is 2.28. The van der Waals surface area contributed by atoms with E-state index in [-0.39, 0.29) is 17.9 Å². The summed E-state index contributed by atoms with van der Waals surface area (Å²) in [5.74, 6) is -0.0695. The van der Waals surface area contributed by atoms with Gasteiger partial charge in [-0.15, -0.1) is 0 Å². The number of hydrogen-bond acceptors (Lipinski definition) is 3. The molecule has 1 aliphatic rings. The zero-order valence-corrected chi connectivity index (χ0v) is 12.0. The predicted molar refractivity (Wildman–Crippen MR) is 78.0 cm³/mol. The number of aliphatic hydroxyl groups excluding tert-OH is 2. The summed E-state index contributed by atoms with van der Waals surface area (Å²) in [7, 11) is 0. The summed E-state index contributed by atoms with van der Waals surface area (Å²) >= 11 is 0. The summed E-state index contributed by atoms with van der Waals surface area (Å²) in [4.78, 5) is 0. The Bertz CT molecular complexity index is 437. The number of aliphatic hydroxyl groups is 3. The van der Waals surface area contributed by atoms with Crippen molar-refractivity contribution in [2.75, 3.05) is 0 Å². The molecule has 1 unspecified atom stereocenters. The summed E-state index contributed by atoms with van der Waals surface area (Å²) < 4.78 is 0. The van der Waals surface area contributed by atoms with Crippen LogP contribution in [0.3, 0.4) is 0 Å². The van der Waals surface area contributed by atoms with Crippen LogP contribution in [0, 0.1) is 0 Å². The second-order valence-electron chi connectivity index (χ2n) is 5.56. The van der Waals surface area contributed by atoms with Gasteiger partial charge in [-0.05, 0) is 46.1 Å².